The summed E-state index contributed by atoms with van der Waals surface area (Å²) in [5, 5.41) is 0. The van der Waals surface area contributed by atoms with Crippen LogP contribution in [-0.2, 0) is 0 Å². The quantitative estimate of drug-likeness (QED) is 0.795. The highest BCUT2D eigenvalue weighted by atomic mass is 16.1. The Labute approximate surface area is 106 Å². The van der Waals surface area contributed by atoms with Gasteiger partial charge >= 0.3 is 0 Å². The van der Waals surface area contributed by atoms with Crippen LogP contribution in [0.15, 0.2) is 35.9 Å². The molecule has 0 amide bonds. The van der Waals surface area contributed by atoms with Crippen LogP contribution in [-0.4, -0.2) is 36.1 Å². The average molecular weight is 241 g/mol. The number of fused-ring (bicyclic) bond motifs is 1. The highest BCUT2D eigenvalue weighted by Gasteiger charge is 2.26. The third-order valence-electron chi connectivity index (χ3n) is 3.63. The van der Waals surface area contributed by atoms with Crippen LogP contribution >= 0.6 is 0 Å². The van der Waals surface area contributed by atoms with Crippen LogP contribution in [0.4, 0.5) is 0 Å². The Bertz CT molecular complexity index is 539. The summed E-state index contributed by atoms with van der Waals surface area (Å²) >= 11 is 0. The van der Waals surface area contributed by atoms with Crippen molar-refractivity contribution in [1.82, 2.24) is 4.90 Å². The maximum Gasteiger partial charge on any atom is 0.191 e. The van der Waals surface area contributed by atoms with E-state index in [1.165, 1.54) is 18.9 Å². The molecule has 3 rings (SSSR count). The molecular formula is C15H15NO2. The largest absolute Gasteiger partial charge is 0.299 e. The molecule has 2 aliphatic rings. The summed E-state index contributed by atoms with van der Waals surface area (Å²) in [4.78, 5) is 26.5. The van der Waals surface area contributed by atoms with Crippen molar-refractivity contribution < 1.29 is 9.59 Å². The summed E-state index contributed by atoms with van der Waals surface area (Å²) < 4.78 is 0. The van der Waals surface area contributed by atoms with Gasteiger partial charge in [0, 0.05) is 23.2 Å². The van der Waals surface area contributed by atoms with Crippen LogP contribution < -0.4 is 0 Å². The van der Waals surface area contributed by atoms with E-state index in [0.29, 0.717) is 23.2 Å². The van der Waals surface area contributed by atoms with E-state index in [1.807, 2.05) is 6.07 Å². The predicted molar refractivity (Wildman–Crippen MR) is 68.9 cm³/mol. The van der Waals surface area contributed by atoms with Crippen LogP contribution in [0.25, 0.3) is 0 Å². The maximum atomic E-state index is 12.3. The molecule has 1 aliphatic carbocycles. The Kier molecular flexibility index (Phi) is 2.84. The van der Waals surface area contributed by atoms with Crippen molar-refractivity contribution in [2.24, 2.45) is 0 Å². The lowest BCUT2D eigenvalue weighted by Gasteiger charge is -2.20. The minimum atomic E-state index is -0.0422. The lowest BCUT2D eigenvalue weighted by molar-refractivity contribution is 0.0977. The van der Waals surface area contributed by atoms with E-state index in [2.05, 4.69) is 4.90 Å². The van der Waals surface area contributed by atoms with Gasteiger partial charge in [0.2, 0.25) is 0 Å². The molecule has 92 valence electrons. The molecule has 0 unspecified atom stereocenters. The molecule has 0 N–H and O–H groups in total. The number of Topliss-reactive ketones (excluding diaryl/α,β-unsaturated/α-hetero) is 1. The first-order valence-electron chi connectivity index (χ1n) is 6.37. The Balaban J connectivity index is 1.89. The number of carbonyl (C=O) groups excluding carboxylic acids is 2. The molecule has 1 aromatic carbocycles. The van der Waals surface area contributed by atoms with Gasteiger partial charge in [-0.1, -0.05) is 24.3 Å². The molecule has 1 aliphatic heterocycles. The van der Waals surface area contributed by atoms with E-state index in [1.54, 1.807) is 18.2 Å². The Morgan fingerprint density at radius 1 is 1.00 bits per heavy atom. The maximum absolute atomic E-state index is 12.3. The monoisotopic (exact) mass is 241 g/mol. The second-order valence-electron chi connectivity index (χ2n) is 4.89. The van der Waals surface area contributed by atoms with Gasteiger partial charge in [-0.2, -0.15) is 0 Å². The molecule has 0 radical (unpaired) electrons. The fourth-order valence-electron chi connectivity index (χ4n) is 2.67. The molecule has 0 bridgehead atoms. The van der Waals surface area contributed by atoms with Crippen molar-refractivity contribution in [2.45, 2.75) is 12.8 Å². The Hall–Kier alpha value is -1.74. The number of ketones is 2. The van der Waals surface area contributed by atoms with E-state index in [9.17, 15) is 9.59 Å². The van der Waals surface area contributed by atoms with Gasteiger partial charge in [-0.25, -0.2) is 0 Å². The van der Waals surface area contributed by atoms with E-state index in [-0.39, 0.29) is 11.6 Å². The summed E-state index contributed by atoms with van der Waals surface area (Å²) in [6.45, 7) is 2.67. The molecule has 3 nitrogen and oxygen atoms in total. The van der Waals surface area contributed by atoms with Gasteiger partial charge in [-0.15, -0.1) is 0 Å². The summed E-state index contributed by atoms with van der Waals surface area (Å²) in [6.07, 6.45) is 3.89. The van der Waals surface area contributed by atoms with Crippen LogP contribution in [0.1, 0.15) is 33.6 Å². The Morgan fingerprint density at radius 3 is 2.39 bits per heavy atom. The molecule has 0 spiro atoms. The van der Waals surface area contributed by atoms with Gasteiger partial charge in [-0.05, 0) is 32.0 Å². The number of allylic oxidation sites excluding steroid dienone is 1. The average Bonchev–Trinajstić information content (AvgIpc) is 2.89. The third-order valence-corrected chi connectivity index (χ3v) is 3.63. The van der Waals surface area contributed by atoms with Gasteiger partial charge in [0.05, 0.1) is 0 Å². The highest BCUT2D eigenvalue weighted by Crippen LogP contribution is 2.22. The lowest BCUT2D eigenvalue weighted by Crippen LogP contribution is -2.28. The second kappa shape index (κ2) is 4.50. The zero-order valence-electron chi connectivity index (χ0n) is 10.2. The highest BCUT2D eigenvalue weighted by molar-refractivity contribution is 6.24. The smallest absolute Gasteiger partial charge is 0.191 e. The minimum absolute atomic E-state index is 0.0112. The molecule has 1 saturated heterocycles. The van der Waals surface area contributed by atoms with Crippen LogP contribution in [0, 0.1) is 0 Å². The molecule has 3 heteroatoms. The molecule has 1 heterocycles. The van der Waals surface area contributed by atoms with Crippen molar-refractivity contribution in [1.29, 1.82) is 0 Å². The zero-order chi connectivity index (χ0) is 12.5. The molecular weight excluding hydrogens is 226 g/mol. The number of benzene rings is 1. The van der Waals surface area contributed by atoms with Crippen LogP contribution in [0.3, 0.4) is 0 Å². The number of rotatable bonds is 2. The standard InChI is InChI=1S/C15H15NO2/c17-14-9-11(10-16-7-3-4-8-16)15(18)13-6-2-1-5-12(13)14/h1-2,5-6,9H,3-4,7-8,10H2. The number of likely N-dealkylation sites (tertiary alicyclic amines) is 1. The first-order valence-corrected chi connectivity index (χ1v) is 6.37. The number of hydrogen-bond donors (Lipinski definition) is 0. The third kappa shape index (κ3) is 1.91. The van der Waals surface area contributed by atoms with Gasteiger partial charge in [-0.3, -0.25) is 14.5 Å². The fraction of sp³-hybridized carbons (Fsp3) is 0.333. The van der Waals surface area contributed by atoms with Crippen LogP contribution in [0.5, 0.6) is 0 Å². The topological polar surface area (TPSA) is 37.4 Å². The normalized spacial score (nSPS) is 19.9. The van der Waals surface area contributed by atoms with Gasteiger partial charge < -0.3 is 0 Å². The van der Waals surface area contributed by atoms with Crippen molar-refractivity contribution in [3.8, 4) is 0 Å². The number of hydrogen-bond acceptors (Lipinski definition) is 3. The second-order valence-corrected chi connectivity index (χ2v) is 4.89. The molecule has 0 aromatic heterocycles. The minimum Gasteiger partial charge on any atom is -0.299 e. The summed E-state index contributed by atoms with van der Waals surface area (Å²) in [7, 11) is 0. The molecule has 0 saturated carbocycles. The van der Waals surface area contributed by atoms with Crippen LogP contribution in [0.2, 0.25) is 0 Å². The molecule has 1 aromatic rings. The van der Waals surface area contributed by atoms with E-state index >= 15 is 0 Å². The molecule has 0 atom stereocenters. The number of carbonyl (C=O) groups is 2. The van der Waals surface area contributed by atoms with Gasteiger partial charge in [0.15, 0.2) is 11.6 Å². The zero-order valence-corrected chi connectivity index (χ0v) is 10.2. The van der Waals surface area contributed by atoms with Gasteiger partial charge in [0.25, 0.3) is 0 Å². The first-order chi connectivity index (χ1) is 8.75. The first kappa shape index (κ1) is 11.4. The summed E-state index contributed by atoms with van der Waals surface area (Å²) in [6, 6.07) is 7.07. The number of nitrogens with zero attached hydrogens (tertiary/aromatic N) is 1. The molecule has 1 fully saturated rings. The SMILES string of the molecule is O=C1C=C(CN2CCCC2)C(=O)c2ccccc21. The van der Waals surface area contributed by atoms with E-state index in [4.69, 9.17) is 0 Å². The predicted octanol–water partition coefficient (Wildman–Crippen LogP) is 2.09. The van der Waals surface area contributed by atoms with Crippen molar-refractivity contribution in [3.63, 3.8) is 0 Å². The molecule has 18 heavy (non-hydrogen) atoms. The summed E-state index contributed by atoms with van der Waals surface area (Å²) in [5.41, 5.74) is 1.73. The lowest BCUT2D eigenvalue weighted by atomic mass is 9.89. The van der Waals surface area contributed by atoms with Crippen molar-refractivity contribution in [2.75, 3.05) is 19.6 Å². The van der Waals surface area contributed by atoms with E-state index in [0.717, 1.165) is 13.1 Å². The van der Waals surface area contributed by atoms with Crippen molar-refractivity contribution >= 4 is 11.6 Å². The Morgan fingerprint density at radius 2 is 1.67 bits per heavy atom. The van der Waals surface area contributed by atoms with Gasteiger partial charge in [0.1, 0.15) is 0 Å². The fourth-order valence-corrected chi connectivity index (χ4v) is 2.67. The van der Waals surface area contributed by atoms with E-state index < -0.39 is 0 Å². The summed E-state index contributed by atoms with van der Waals surface area (Å²) in [5.74, 6) is -0.0310. The van der Waals surface area contributed by atoms with Crippen molar-refractivity contribution in [3.05, 3.63) is 47.0 Å².